The molecule has 2 rings (SSSR count). The summed E-state index contributed by atoms with van der Waals surface area (Å²) in [5.41, 5.74) is 2.28. The summed E-state index contributed by atoms with van der Waals surface area (Å²) in [5.74, 6) is -0.905. The van der Waals surface area contributed by atoms with E-state index in [2.05, 4.69) is 36.4 Å². The van der Waals surface area contributed by atoms with Gasteiger partial charge in [-0.2, -0.15) is 5.10 Å². The van der Waals surface area contributed by atoms with E-state index in [0.29, 0.717) is 5.92 Å². The molecule has 1 aromatic heterocycles. The number of hydrogen-bond donors (Lipinski definition) is 2. The molecule has 0 aliphatic heterocycles. The van der Waals surface area contributed by atoms with Crippen molar-refractivity contribution in [3.05, 3.63) is 53.3 Å². The van der Waals surface area contributed by atoms with E-state index < -0.39 is 12.0 Å². The molecule has 0 fully saturated rings. The van der Waals surface area contributed by atoms with Crippen LogP contribution in [0.1, 0.15) is 73.7 Å². The predicted molar refractivity (Wildman–Crippen MR) is 95.6 cm³/mol. The lowest BCUT2D eigenvalue weighted by atomic mass is 9.98. The monoisotopic (exact) mass is 343 g/mol. The number of carboxylic acid groups (broad SMARTS) is 1. The Labute approximate surface area is 147 Å². The van der Waals surface area contributed by atoms with Gasteiger partial charge in [-0.1, -0.05) is 45.0 Å². The van der Waals surface area contributed by atoms with Crippen LogP contribution in [0, 0.1) is 0 Å². The van der Waals surface area contributed by atoms with Gasteiger partial charge in [0.15, 0.2) is 0 Å². The minimum Gasteiger partial charge on any atom is -0.477 e. The molecule has 1 heterocycles. The smallest absolute Gasteiger partial charge is 0.354 e. The molecule has 6 heteroatoms. The van der Waals surface area contributed by atoms with Crippen molar-refractivity contribution in [2.45, 2.75) is 52.1 Å². The lowest BCUT2D eigenvalue weighted by molar-refractivity contribution is -0.125. The zero-order chi connectivity index (χ0) is 18.6. The van der Waals surface area contributed by atoms with Gasteiger partial charge in [-0.3, -0.25) is 4.79 Å². The highest BCUT2D eigenvalue weighted by Crippen LogP contribution is 2.21. The molecule has 2 aromatic rings. The van der Waals surface area contributed by atoms with E-state index in [0.717, 1.165) is 12.0 Å². The number of hydrogen-bond acceptors (Lipinski definition) is 3. The Balaban J connectivity index is 2.13. The van der Waals surface area contributed by atoms with Gasteiger partial charge in [0.1, 0.15) is 11.7 Å². The summed E-state index contributed by atoms with van der Waals surface area (Å²) < 4.78 is 1.23. The molecular weight excluding hydrogens is 318 g/mol. The van der Waals surface area contributed by atoms with Crippen LogP contribution in [-0.2, 0) is 4.79 Å². The third-order valence-corrected chi connectivity index (χ3v) is 4.37. The SMILES string of the molecule is CCC(NC(=O)C(C)n1nccc1C(=O)O)c1ccc(C(C)C)cc1. The zero-order valence-electron chi connectivity index (χ0n) is 15.1. The minimum atomic E-state index is -1.10. The van der Waals surface area contributed by atoms with Gasteiger partial charge in [0.25, 0.3) is 0 Å². The van der Waals surface area contributed by atoms with Crippen LogP contribution in [0.5, 0.6) is 0 Å². The zero-order valence-corrected chi connectivity index (χ0v) is 15.1. The average Bonchev–Trinajstić information content (AvgIpc) is 3.08. The van der Waals surface area contributed by atoms with Gasteiger partial charge in [0.05, 0.1) is 6.04 Å². The van der Waals surface area contributed by atoms with E-state index in [-0.39, 0.29) is 17.6 Å². The number of nitrogens with zero attached hydrogens (tertiary/aromatic N) is 2. The largest absolute Gasteiger partial charge is 0.477 e. The van der Waals surface area contributed by atoms with E-state index in [1.54, 1.807) is 6.92 Å². The van der Waals surface area contributed by atoms with Gasteiger partial charge in [0.2, 0.25) is 5.91 Å². The second-order valence-electron chi connectivity index (χ2n) is 6.43. The molecule has 134 valence electrons. The molecule has 0 aliphatic rings. The van der Waals surface area contributed by atoms with Crippen molar-refractivity contribution >= 4 is 11.9 Å². The number of carboxylic acids is 1. The summed E-state index contributed by atoms with van der Waals surface area (Å²) in [6, 6.07) is 8.78. The summed E-state index contributed by atoms with van der Waals surface area (Å²) in [7, 11) is 0. The van der Waals surface area contributed by atoms with Gasteiger partial charge in [-0.15, -0.1) is 0 Å². The number of amides is 1. The molecule has 0 bridgehead atoms. The van der Waals surface area contributed by atoms with Crippen LogP contribution in [0.25, 0.3) is 0 Å². The van der Waals surface area contributed by atoms with Crippen LogP contribution in [-0.4, -0.2) is 26.8 Å². The highest BCUT2D eigenvalue weighted by molar-refractivity contribution is 5.87. The van der Waals surface area contributed by atoms with E-state index in [1.165, 1.54) is 22.5 Å². The molecule has 0 aliphatic carbocycles. The molecular formula is C19H25N3O3. The summed E-state index contributed by atoms with van der Waals surface area (Å²) in [6.07, 6.45) is 2.12. The predicted octanol–water partition coefficient (Wildman–Crippen LogP) is 3.53. The van der Waals surface area contributed by atoms with E-state index >= 15 is 0 Å². The van der Waals surface area contributed by atoms with Gasteiger partial charge >= 0.3 is 5.97 Å². The van der Waals surface area contributed by atoms with E-state index in [4.69, 9.17) is 5.11 Å². The first-order valence-electron chi connectivity index (χ1n) is 8.52. The Morgan fingerprint density at radius 2 is 1.72 bits per heavy atom. The van der Waals surface area contributed by atoms with Crippen molar-refractivity contribution in [2.75, 3.05) is 0 Å². The molecule has 0 saturated heterocycles. The molecule has 25 heavy (non-hydrogen) atoms. The number of nitrogens with one attached hydrogen (secondary N) is 1. The highest BCUT2D eigenvalue weighted by atomic mass is 16.4. The first-order valence-corrected chi connectivity index (χ1v) is 8.52. The topological polar surface area (TPSA) is 84.2 Å². The molecule has 0 radical (unpaired) electrons. The van der Waals surface area contributed by atoms with E-state index in [9.17, 15) is 9.59 Å². The van der Waals surface area contributed by atoms with Gasteiger partial charge in [0, 0.05) is 6.20 Å². The minimum absolute atomic E-state index is 0.00279. The maximum atomic E-state index is 12.6. The summed E-state index contributed by atoms with van der Waals surface area (Å²) in [6.45, 7) is 7.92. The Hall–Kier alpha value is -2.63. The Morgan fingerprint density at radius 1 is 1.12 bits per heavy atom. The quantitative estimate of drug-likeness (QED) is 0.805. The molecule has 2 atom stereocenters. The molecule has 1 aromatic carbocycles. The maximum Gasteiger partial charge on any atom is 0.354 e. The van der Waals surface area contributed by atoms with Crippen molar-refractivity contribution in [1.82, 2.24) is 15.1 Å². The van der Waals surface area contributed by atoms with Crippen LogP contribution < -0.4 is 5.32 Å². The standard InChI is InChI=1S/C19H25N3O3/c1-5-16(15-8-6-14(7-9-15)12(2)3)21-18(23)13(4)22-17(19(24)25)10-11-20-22/h6-13,16H,5H2,1-4H3,(H,21,23)(H,24,25). The maximum absolute atomic E-state index is 12.6. The van der Waals surface area contributed by atoms with Crippen LogP contribution in [0.3, 0.4) is 0 Å². The van der Waals surface area contributed by atoms with Crippen LogP contribution in [0.15, 0.2) is 36.5 Å². The third kappa shape index (κ3) is 4.26. The highest BCUT2D eigenvalue weighted by Gasteiger charge is 2.23. The number of aromatic nitrogens is 2. The van der Waals surface area contributed by atoms with E-state index in [1.807, 2.05) is 19.1 Å². The lowest BCUT2D eigenvalue weighted by Gasteiger charge is -2.21. The van der Waals surface area contributed by atoms with Crippen LogP contribution in [0.4, 0.5) is 0 Å². The van der Waals surface area contributed by atoms with Gasteiger partial charge in [-0.05, 0) is 36.5 Å². The van der Waals surface area contributed by atoms with Crippen molar-refractivity contribution in [3.8, 4) is 0 Å². The van der Waals surface area contributed by atoms with Gasteiger partial charge < -0.3 is 10.4 Å². The first kappa shape index (κ1) is 18.7. The Kier molecular flexibility index (Phi) is 5.96. The summed E-state index contributed by atoms with van der Waals surface area (Å²) in [5, 5.41) is 16.1. The third-order valence-electron chi connectivity index (χ3n) is 4.37. The lowest BCUT2D eigenvalue weighted by Crippen LogP contribution is -2.35. The Morgan fingerprint density at radius 3 is 2.24 bits per heavy atom. The molecule has 6 nitrogen and oxygen atoms in total. The van der Waals surface area contributed by atoms with Crippen molar-refractivity contribution in [1.29, 1.82) is 0 Å². The van der Waals surface area contributed by atoms with Crippen LogP contribution in [0.2, 0.25) is 0 Å². The number of rotatable bonds is 7. The normalized spacial score (nSPS) is 13.5. The summed E-state index contributed by atoms with van der Waals surface area (Å²) in [4.78, 5) is 23.8. The molecule has 0 saturated carbocycles. The van der Waals surface area contributed by atoms with Crippen molar-refractivity contribution in [3.63, 3.8) is 0 Å². The first-order chi connectivity index (χ1) is 11.8. The van der Waals surface area contributed by atoms with Gasteiger partial charge in [-0.25, -0.2) is 9.48 Å². The molecule has 2 N–H and O–H groups in total. The average molecular weight is 343 g/mol. The second-order valence-corrected chi connectivity index (χ2v) is 6.43. The fourth-order valence-corrected chi connectivity index (χ4v) is 2.73. The fraction of sp³-hybridized carbons (Fsp3) is 0.421. The number of benzene rings is 1. The number of carbonyl (C=O) groups is 2. The number of aromatic carboxylic acids is 1. The van der Waals surface area contributed by atoms with Crippen molar-refractivity contribution < 1.29 is 14.7 Å². The number of carbonyl (C=O) groups excluding carboxylic acids is 1. The second kappa shape index (κ2) is 7.96. The molecule has 0 spiro atoms. The fourth-order valence-electron chi connectivity index (χ4n) is 2.73. The molecule has 2 unspecified atom stereocenters. The van der Waals surface area contributed by atoms with Crippen LogP contribution >= 0.6 is 0 Å². The van der Waals surface area contributed by atoms with Crippen molar-refractivity contribution in [2.24, 2.45) is 0 Å². The summed E-state index contributed by atoms with van der Waals surface area (Å²) >= 11 is 0. The molecule has 1 amide bonds. The Bertz CT molecular complexity index is 735.